The van der Waals surface area contributed by atoms with Crippen molar-refractivity contribution in [3.63, 3.8) is 0 Å². The van der Waals surface area contributed by atoms with E-state index < -0.39 is 10.0 Å². The highest BCUT2D eigenvalue weighted by atomic mass is 32.2. The molecule has 4 nitrogen and oxygen atoms in total. The number of hydrogen-bond acceptors (Lipinski definition) is 3. The van der Waals surface area contributed by atoms with Crippen molar-refractivity contribution in [1.29, 1.82) is 0 Å². The highest BCUT2D eigenvalue weighted by Crippen LogP contribution is 2.36. The monoisotopic (exact) mass is 277 g/mol. The van der Waals surface area contributed by atoms with Crippen LogP contribution in [0.1, 0.15) is 24.6 Å². The Balaban J connectivity index is 1.97. The van der Waals surface area contributed by atoms with Gasteiger partial charge in [0.25, 0.3) is 0 Å². The average molecular weight is 277 g/mol. The molecule has 0 bridgehead atoms. The minimum absolute atomic E-state index is 0.180. The molecule has 100 valence electrons. The van der Waals surface area contributed by atoms with Crippen LogP contribution in [-0.4, -0.2) is 19.3 Å². The van der Waals surface area contributed by atoms with Crippen molar-refractivity contribution in [2.45, 2.75) is 23.8 Å². The fourth-order valence-electron chi connectivity index (χ4n) is 2.52. The third-order valence-corrected chi connectivity index (χ3v) is 5.35. The normalized spacial score (nSPS) is 20.7. The van der Waals surface area contributed by atoms with Crippen molar-refractivity contribution in [3.8, 4) is 0 Å². The van der Waals surface area contributed by atoms with Crippen LogP contribution in [0.2, 0.25) is 0 Å². The second-order valence-electron chi connectivity index (χ2n) is 4.60. The summed E-state index contributed by atoms with van der Waals surface area (Å²) in [5, 5.41) is 0. The molecule has 2 aromatic rings. The summed E-state index contributed by atoms with van der Waals surface area (Å²) in [6.07, 6.45) is 3.25. The SMILES string of the molecule is O=S(=O)(c1ccccc1)N1CCC[C@H]1c1ccco1. The van der Waals surface area contributed by atoms with Crippen LogP contribution in [0.15, 0.2) is 58.0 Å². The Hall–Kier alpha value is -1.59. The minimum Gasteiger partial charge on any atom is -0.468 e. The van der Waals surface area contributed by atoms with Crippen molar-refractivity contribution in [2.75, 3.05) is 6.54 Å². The topological polar surface area (TPSA) is 50.5 Å². The number of furan rings is 1. The van der Waals surface area contributed by atoms with E-state index >= 15 is 0 Å². The van der Waals surface area contributed by atoms with E-state index in [1.807, 2.05) is 12.1 Å². The molecule has 1 aliphatic rings. The van der Waals surface area contributed by atoms with Gasteiger partial charge in [0.15, 0.2) is 0 Å². The molecule has 1 atom stereocenters. The fraction of sp³-hybridized carbons (Fsp3) is 0.286. The Labute approximate surface area is 112 Å². The van der Waals surface area contributed by atoms with E-state index in [-0.39, 0.29) is 6.04 Å². The highest BCUT2D eigenvalue weighted by Gasteiger charge is 2.37. The van der Waals surface area contributed by atoms with Crippen LogP contribution >= 0.6 is 0 Å². The summed E-state index contributed by atoms with van der Waals surface area (Å²) >= 11 is 0. The fourth-order valence-corrected chi connectivity index (χ4v) is 4.21. The van der Waals surface area contributed by atoms with Gasteiger partial charge in [-0.1, -0.05) is 18.2 Å². The third-order valence-electron chi connectivity index (χ3n) is 3.43. The quantitative estimate of drug-likeness (QED) is 0.866. The van der Waals surface area contributed by atoms with E-state index in [4.69, 9.17) is 4.42 Å². The number of nitrogens with zero attached hydrogens (tertiary/aromatic N) is 1. The maximum absolute atomic E-state index is 12.6. The van der Waals surface area contributed by atoms with Crippen LogP contribution in [0.25, 0.3) is 0 Å². The summed E-state index contributed by atoms with van der Waals surface area (Å²) in [4.78, 5) is 0.341. The number of hydrogen-bond donors (Lipinski definition) is 0. The molecule has 1 aromatic heterocycles. The molecule has 1 saturated heterocycles. The molecule has 1 aliphatic heterocycles. The van der Waals surface area contributed by atoms with Crippen LogP contribution in [0.3, 0.4) is 0 Å². The molecule has 19 heavy (non-hydrogen) atoms. The Bertz CT molecular complexity index is 635. The zero-order valence-corrected chi connectivity index (χ0v) is 11.2. The first kappa shape index (κ1) is 12.4. The van der Waals surface area contributed by atoms with Gasteiger partial charge in [0.1, 0.15) is 5.76 Å². The van der Waals surface area contributed by atoms with Gasteiger partial charge in [-0.15, -0.1) is 0 Å². The molecule has 1 fully saturated rings. The molecule has 0 unspecified atom stereocenters. The van der Waals surface area contributed by atoms with Crippen molar-refractivity contribution >= 4 is 10.0 Å². The van der Waals surface area contributed by atoms with Gasteiger partial charge < -0.3 is 4.42 Å². The van der Waals surface area contributed by atoms with Gasteiger partial charge in [0.05, 0.1) is 17.2 Å². The zero-order chi connectivity index (χ0) is 13.3. The molecule has 0 saturated carbocycles. The summed E-state index contributed by atoms with van der Waals surface area (Å²) in [5.41, 5.74) is 0. The van der Waals surface area contributed by atoms with Gasteiger partial charge in [-0.2, -0.15) is 4.31 Å². The molecule has 0 spiro atoms. The lowest BCUT2D eigenvalue weighted by atomic mass is 10.2. The van der Waals surface area contributed by atoms with E-state index in [0.717, 1.165) is 18.6 Å². The number of sulfonamides is 1. The average Bonchev–Trinajstić information content (AvgIpc) is 3.10. The summed E-state index contributed by atoms with van der Waals surface area (Å²) in [6, 6.07) is 12.0. The third kappa shape index (κ3) is 2.19. The summed E-state index contributed by atoms with van der Waals surface area (Å²) in [6.45, 7) is 0.544. The predicted octanol–water partition coefficient (Wildman–Crippen LogP) is 2.81. The first-order valence-corrected chi connectivity index (χ1v) is 7.74. The van der Waals surface area contributed by atoms with Crippen LogP contribution in [-0.2, 0) is 10.0 Å². The first-order chi connectivity index (χ1) is 9.19. The Morgan fingerprint density at radius 1 is 1.11 bits per heavy atom. The standard InChI is InChI=1S/C14H15NO3S/c16-19(17,12-6-2-1-3-7-12)15-10-4-8-13(15)14-9-5-11-18-14/h1-3,5-7,9,11,13H,4,8,10H2/t13-/m0/s1. The molecular formula is C14H15NO3S. The van der Waals surface area contributed by atoms with Gasteiger partial charge in [-0.25, -0.2) is 8.42 Å². The van der Waals surface area contributed by atoms with Crippen molar-refractivity contribution in [3.05, 3.63) is 54.5 Å². The van der Waals surface area contributed by atoms with Crippen LogP contribution in [0.4, 0.5) is 0 Å². The molecule has 3 rings (SSSR count). The molecule has 0 amide bonds. The van der Waals surface area contributed by atoms with Crippen molar-refractivity contribution < 1.29 is 12.8 Å². The van der Waals surface area contributed by atoms with Gasteiger partial charge in [0.2, 0.25) is 10.0 Å². The molecule has 1 aromatic carbocycles. The lowest BCUT2D eigenvalue weighted by Crippen LogP contribution is -2.30. The second kappa shape index (κ2) is 4.83. The van der Waals surface area contributed by atoms with E-state index in [2.05, 4.69) is 0 Å². The smallest absolute Gasteiger partial charge is 0.243 e. The Morgan fingerprint density at radius 3 is 2.58 bits per heavy atom. The molecular weight excluding hydrogens is 262 g/mol. The Morgan fingerprint density at radius 2 is 1.89 bits per heavy atom. The van der Waals surface area contributed by atoms with Gasteiger partial charge in [-0.05, 0) is 37.1 Å². The second-order valence-corrected chi connectivity index (χ2v) is 6.49. The molecule has 2 heterocycles. The van der Waals surface area contributed by atoms with E-state index in [9.17, 15) is 8.42 Å². The number of benzene rings is 1. The van der Waals surface area contributed by atoms with E-state index in [0.29, 0.717) is 11.4 Å². The van der Waals surface area contributed by atoms with Crippen LogP contribution < -0.4 is 0 Å². The maximum atomic E-state index is 12.6. The predicted molar refractivity (Wildman–Crippen MR) is 71.0 cm³/mol. The molecule has 0 radical (unpaired) electrons. The summed E-state index contributed by atoms with van der Waals surface area (Å²) < 4.78 is 32.2. The van der Waals surface area contributed by atoms with Gasteiger partial charge >= 0.3 is 0 Å². The zero-order valence-electron chi connectivity index (χ0n) is 10.4. The lowest BCUT2D eigenvalue weighted by Gasteiger charge is -2.22. The molecule has 5 heteroatoms. The molecule has 0 N–H and O–H groups in total. The Kier molecular flexibility index (Phi) is 3.16. The van der Waals surface area contributed by atoms with E-state index in [1.54, 1.807) is 40.9 Å². The lowest BCUT2D eigenvalue weighted by molar-refractivity contribution is 0.340. The van der Waals surface area contributed by atoms with Crippen molar-refractivity contribution in [1.82, 2.24) is 4.31 Å². The van der Waals surface area contributed by atoms with Crippen molar-refractivity contribution in [2.24, 2.45) is 0 Å². The molecule has 0 aliphatic carbocycles. The van der Waals surface area contributed by atoms with Crippen LogP contribution in [0, 0.1) is 0 Å². The van der Waals surface area contributed by atoms with Gasteiger partial charge in [-0.3, -0.25) is 0 Å². The summed E-state index contributed by atoms with van der Waals surface area (Å²) in [7, 11) is -3.44. The highest BCUT2D eigenvalue weighted by molar-refractivity contribution is 7.89. The van der Waals surface area contributed by atoms with Gasteiger partial charge in [0, 0.05) is 6.54 Å². The first-order valence-electron chi connectivity index (χ1n) is 6.30. The minimum atomic E-state index is -3.44. The summed E-state index contributed by atoms with van der Waals surface area (Å²) in [5.74, 6) is 0.719. The van der Waals surface area contributed by atoms with Crippen LogP contribution in [0.5, 0.6) is 0 Å². The maximum Gasteiger partial charge on any atom is 0.243 e. The largest absolute Gasteiger partial charge is 0.468 e. The number of rotatable bonds is 3. The van der Waals surface area contributed by atoms with E-state index in [1.165, 1.54) is 0 Å².